The van der Waals surface area contributed by atoms with Gasteiger partial charge in [0, 0.05) is 17.3 Å². The molecule has 0 fully saturated rings. The fourth-order valence-electron chi connectivity index (χ4n) is 2.49. The summed E-state index contributed by atoms with van der Waals surface area (Å²) >= 11 is 0. The fourth-order valence-corrected chi connectivity index (χ4v) is 2.49. The van der Waals surface area contributed by atoms with Crippen LogP contribution in [-0.2, 0) is 6.18 Å². The van der Waals surface area contributed by atoms with Crippen LogP contribution in [0, 0.1) is 11.8 Å². The number of hydrogen-bond acceptors (Lipinski definition) is 3. The van der Waals surface area contributed by atoms with Crippen molar-refractivity contribution < 1.29 is 22.7 Å². The molecular formula is C21H16F3N3O2. The Hall–Kier alpha value is -3.73. The van der Waals surface area contributed by atoms with Crippen molar-refractivity contribution in [3.05, 3.63) is 66.4 Å². The molecule has 0 saturated carbocycles. The molecule has 0 aliphatic heterocycles. The Labute approximate surface area is 164 Å². The molecule has 0 radical (unpaired) electrons. The Balaban J connectivity index is 1.46. The molecule has 0 spiro atoms. The quantitative estimate of drug-likeness (QED) is 0.637. The van der Waals surface area contributed by atoms with Crippen molar-refractivity contribution in [1.29, 1.82) is 0 Å². The number of rotatable bonds is 4. The van der Waals surface area contributed by atoms with Crippen molar-refractivity contribution in [1.82, 2.24) is 10.3 Å². The molecule has 0 aliphatic rings. The largest absolute Gasteiger partial charge is 0.479 e. The number of para-hydroxylation sites is 1. The summed E-state index contributed by atoms with van der Waals surface area (Å²) in [5, 5.41) is 5.73. The zero-order valence-corrected chi connectivity index (χ0v) is 15.1. The molecule has 148 valence electrons. The van der Waals surface area contributed by atoms with Gasteiger partial charge in [-0.3, -0.25) is 4.98 Å². The predicted molar refractivity (Wildman–Crippen MR) is 103 cm³/mol. The molecule has 29 heavy (non-hydrogen) atoms. The smallest absolute Gasteiger partial charge is 0.416 e. The Morgan fingerprint density at radius 1 is 1.07 bits per heavy atom. The second-order valence-electron chi connectivity index (χ2n) is 5.86. The number of carbonyl (C=O) groups excluding carboxylic acids is 1. The first-order valence-corrected chi connectivity index (χ1v) is 8.58. The van der Waals surface area contributed by atoms with Gasteiger partial charge < -0.3 is 15.4 Å². The Morgan fingerprint density at radius 3 is 2.69 bits per heavy atom. The van der Waals surface area contributed by atoms with Gasteiger partial charge in [0.15, 0.2) is 0 Å². The van der Waals surface area contributed by atoms with Crippen molar-refractivity contribution in [2.75, 3.05) is 18.5 Å². The molecule has 0 atom stereocenters. The summed E-state index contributed by atoms with van der Waals surface area (Å²) in [6, 6.07) is 13.0. The van der Waals surface area contributed by atoms with E-state index in [4.69, 9.17) is 4.74 Å². The van der Waals surface area contributed by atoms with Crippen molar-refractivity contribution in [3.8, 4) is 17.6 Å². The van der Waals surface area contributed by atoms with Crippen LogP contribution >= 0.6 is 0 Å². The number of fused-ring (bicyclic) bond motifs is 1. The fraction of sp³-hybridized carbons (Fsp3) is 0.143. The van der Waals surface area contributed by atoms with E-state index in [1.807, 2.05) is 24.3 Å². The van der Waals surface area contributed by atoms with Gasteiger partial charge in [-0.05, 0) is 30.3 Å². The van der Waals surface area contributed by atoms with E-state index in [-0.39, 0.29) is 18.8 Å². The number of aromatic nitrogens is 1. The predicted octanol–water partition coefficient (Wildman–Crippen LogP) is 4.46. The highest BCUT2D eigenvalue weighted by Crippen LogP contribution is 2.30. The van der Waals surface area contributed by atoms with Gasteiger partial charge in [-0.2, -0.15) is 13.2 Å². The van der Waals surface area contributed by atoms with Crippen LogP contribution in [0.15, 0.2) is 60.8 Å². The van der Waals surface area contributed by atoms with E-state index >= 15 is 0 Å². The summed E-state index contributed by atoms with van der Waals surface area (Å²) in [6.07, 6.45) is -2.80. The van der Waals surface area contributed by atoms with Gasteiger partial charge in [0.1, 0.15) is 17.9 Å². The summed E-state index contributed by atoms with van der Waals surface area (Å²) in [6.45, 7) is 0.120. The van der Waals surface area contributed by atoms with Crippen LogP contribution in [0.4, 0.5) is 23.7 Å². The van der Waals surface area contributed by atoms with Crippen LogP contribution in [0.1, 0.15) is 5.56 Å². The molecule has 5 nitrogen and oxygen atoms in total. The van der Waals surface area contributed by atoms with Crippen molar-refractivity contribution in [2.45, 2.75) is 6.18 Å². The third-order valence-corrected chi connectivity index (χ3v) is 3.81. The van der Waals surface area contributed by atoms with Gasteiger partial charge in [-0.25, -0.2) is 4.79 Å². The van der Waals surface area contributed by atoms with Gasteiger partial charge >= 0.3 is 12.2 Å². The highest BCUT2D eigenvalue weighted by Gasteiger charge is 2.30. The Morgan fingerprint density at radius 2 is 1.86 bits per heavy atom. The number of nitrogens with one attached hydrogen (secondary N) is 2. The monoisotopic (exact) mass is 399 g/mol. The molecule has 0 aliphatic carbocycles. The molecule has 8 heteroatoms. The van der Waals surface area contributed by atoms with E-state index in [0.29, 0.717) is 5.75 Å². The molecule has 0 saturated heterocycles. The first-order chi connectivity index (χ1) is 13.9. The molecule has 0 unspecified atom stereocenters. The maximum atomic E-state index is 12.7. The minimum absolute atomic E-state index is 0.0158. The standard InChI is InChI=1S/C21H16F3N3O2/c22-21(23,24)16-8-4-9-17(14-16)27-20(28)26-11-1-2-13-29-18-10-3-6-15-7-5-12-25-19(15)18/h3-10,12,14H,11,13H2,(H2,26,27,28). The van der Waals surface area contributed by atoms with Crippen LogP contribution in [-0.4, -0.2) is 24.2 Å². The van der Waals surface area contributed by atoms with Crippen LogP contribution in [0.25, 0.3) is 10.9 Å². The number of urea groups is 1. The number of amides is 2. The molecule has 2 aromatic carbocycles. The molecule has 3 rings (SSSR count). The normalized spacial score (nSPS) is 10.7. The maximum absolute atomic E-state index is 12.7. The molecular weight excluding hydrogens is 383 g/mol. The van der Waals surface area contributed by atoms with E-state index < -0.39 is 17.8 Å². The summed E-state index contributed by atoms with van der Waals surface area (Å²) in [4.78, 5) is 16.0. The summed E-state index contributed by atoms with van der Waals surface area (Å²) in [5.74, 6) is 6.07. The van der Waals surface area contributed by atoms with Gasteiger partial charge in [-0.1, -0.05) is 36.1 Å². The Kier molecular flexibility index (Phi) is 6.19. The van der Waals surface area contributed by atoms with Crippen molar-refractivity contribution >= 4 is 22.6 Å². The van der Waals surface area contributed by atoms with E-state index in [2.05, 4.69) is 27.5 Å². The van der Waals surface area contributed by atoms with Crippen LogP contribution in [0.2, 0.25) is 0 Å². The third kappa shape index (κ3) is 5.62. The topological polar surface area (TPSA) is 63.2 Å². The molecule has 1 aromatic heterocycles. The van der Waals surface area contributed by atoms with Crippen LogP contribution in [0.5, 0.6) is 5.75 Å². The third-order valence-electron chi connectivity index (χ3n) is 3.81. The molecule has 0 bridgehead atoms. The van der Waals surface area contributed by atoms with Gasteiger partial charge in [0.25, 0.3) is 0 Å². The number of halogens is 3. The molecule has 1 heterocycles. The summed E-state index contributed by atoms with van der Waals surface area (Å²) in [5.41, 5.74) is -0.0670. The van der Waals surface area contributed by atoms with Gasteiger partial charge in [0.2, 0.25) is 0 Å². The minimum Gasteiger partial charge on any atom is -0.479 e. The van der Waals surface area contributed by atoms with E-state index in [9.17, 15) is 18.0 Å². The van der Waals surface area contributed by atoms with E-state index in [0.717, 1.165) is 23.0 Å². The number of hydrogen-bond donors (Lipinski definition) is 2. The maximum Gasteiger partial charge on any atom is 0.416 e. The Bertz CT molecular complexity index is 1070. The average Bonchev–Trinajstić information content (AvgIpc) is 2.70. The lowest BCUT2D eigenvalue weighted by atomic mass is 10.2. The van der Waals surface area contributed by atoms with Crippen LogP contribution in [0.3, 0.4) is 0 Å². The zero-order valence-electron chi connectivity index (χ0n) is 15.1. The molecule has 2 N–H and O–H groups in total. The SMILES string of the molecule is O=C(NCC#CCOc1cccc2cccnc12)Nc1cccc(C(F)(F)F)c1. The number of carbonyl (C=O) groups is 1. The second kappa shape index (κ2) is 8.97. The summed E-state index contributed by atoms with van der Waals surface area (Å²) < 4.78 is 43.6. The van der Waals surface area contributed by atoms with Crippen molar-refractivity contribution in [2.24, 2.45) is 0 Å². The lowest BCUT2D eigenvalue weighted by molar-refractivity contribution is -0.137. The van der Waals surface area contributed by atoms with Crippen LogP contribution < -0.4 is 15.4 Å². The zero-order chi connectivity index (χ0) is 20.7. The number of alkyl halides is 3. The molecule has 2 amide bonds. The van der Waals surface area contributed by atoms with Crippen molar-refractivity contribution in [3.63, 3.8) is 0 Å². The highest BCUT2D eigenvalue weighted by atomic mass is 19.4. The summed E-state index contributed by atoms with van der Waals surface area (Å²) in [7, 11) is 0. The van der Waals surface area contributed by atoms with E-state index in [1.165, 1.54) is 12.1 Å². The first-order valence-electron chi connectivity index (χ1n) is 8.58. The minimum atomic E-state index is -4.47. The van der Waals surface area contributed by atoms with Gasteiger partial charge in [0.05, 0.1) is 12.1 Å². The lowest BCUT2D eigenvalue weighted by Crippen LogP contribution is -2.29. The van der Waals surface area contributed by atoms with E-state index in [1.54, 1.807) is 12.3 Å². The first kappa shape index (κ1) is 20.0. The average molecular weight is 399 g/mol. The number of ether oxygens (including phenoxy) is 1. The number of nitrogens with zero attached hydrogens (tertiary/aromatic N) is 1. The molecule has 3 aromatic rings. The van der Waals surface area contributed by atoms with Gasteiger partial charge in [-0.15, -0.1) is 0 Å². The number of anilines is 1. The highest BCUT2D eigenvalue weighted by molar-refractivity contribution is 5.89. The second-order valence-corrected chi connectivity index (χ2v) is 5.86. The number of benzene rings is 2. The lowest BCUT2D eigenvalue weighted by Gasteiger charge is -2.09. The number of pyridine rings is 1.